The molecule has 1 amide bonds. The van der Waals surface area contributed by atoms with E-state index in [0.717, 1.165) is 15.6 Å². The van der Waals surface area contributed by atoms with Crippen molar-refractivity contribution >= 4 is 45.2 Å². The summed E-state index contributed by atoms with van der Waals surface area (Å²) in [5.41, 5.74) is 11.2. The molecule has 2 N–H and O–H groups in total. The van der Waals surface area contributed by atoms with Crippen molar-refractivity contribution in [3.05, 3.63) is 140 Å². The molecule has 4 aromatic rings. The predicted molar refractivity (Wildman–Crippen MR) is 185 cm³/mol. The standard InChI is InChI=1S/C35H33BrFN5O4S/c36-30-8-3-2-7-29(30)32-35(22-26-6-1-4-9-31(26)41-42-38,34(44)39-18-21-47-23-24-10-14-27(37)15-11-24)40-33(46-32)25-12-16-28(17-13-25)45-20-5-19-43/h1-4,6-17,32,43H,5,18-23H2,(H,39,44)/t32-,35-/m1/s1. The first-order valence-electron chi connectivity index (χ1n) is 15.0. The number of aliphatic imine (C=N–C) groups is 1. The predicted octanol–water partition coefficient (Wildman–Crippen LogP) is 7.84. The van der Waals surface area contributed by atoms with Crippen LogP contribution in [0.25, 0.3) is 10.4 Å². The second kappa shape index (κ2) is 16.5. The molecular weight excluding hydrogens is 685 g/mol. The first-order chi connectivity index (χ1) is 22.9. The summed E-state index contributed by atoms with van der Waals surface area (Å²) in [4.78, 5) is 22.5. The molecule has 0 saturated heterocycles. The Morgan fingerprint density at radius 3 is 2.57 bits per heavy atom. The average Bonchev–Trinajstić information content (AvgIpc) is 3.47. The number of carbonyl (C=O) groups is 1. The van der Waals surface area contributed by atoms with Gasteiger partial charge in [0.25, 0.3) is 5.91 Å². The van der Waals surface area contributed by atoms with Gasteiger partial charge in [-0.05, 0) is 59.1 Å². The topological polar surface area (TPSA) is 129 Å². The monoisotopic (exact) mass is 717 g/mol. The highest BCUT2D eigenvalue weighted by molar-refractivity contribution is 9.10. The zero-order chi connectivity index (χ0) is 33.1. The third-order valence-electron chi connectivity index (χ3n) is 7.54. The molecule has 0 aromatic heterocycles. The maximum absolute atomic E-state index is 14.5. The Hall–Kier alpha value is -4.35. The van der Waals surface area contributed by atoms with E-state index in [1.807, 2.05) is 48.5 Å². The highest BCUT2D eigenvalue weighted by atomic mass is 79.9. The second-order valence-electron chi connectivity index (χ2n) is 10.7. The van der Waals surface area contributed by atoms with Gasteiger partial charge in [0.05, 0.1) is 6.61 Å². The normalized spacial score (nSPS) is 16.9. The van der Waals surface area contributed by atoms with E-state index < -0.39 is 11.6 Å². The molecule has 1 aliphatic rings. The van der Waals surface area contributed by atoms with Crippen molar-refractivity contribution < 1.29 is 23.8 Å². The Labute approximate surface area is 285 Å². The molecule has 0 unspecified atom stereocenters. The van der Waals surface area contributed by atoms with E-state index in [1.54, 1.807) is 48.2 Å². The number of aliphatic hydroxyl groups excluding tert-OH is 1. The number of amides is 1. The van der Waals surface area contributed by atoms with Crippen molar-refractivity contribution in [2.24, 2.45) is 10.1 Å². The van der Waals surface area contributed by atoms with Gasteiger partial charge in [-0.3, -0.25) is 4.79 Å². The fourth-order valence-electron chi connectivity index (χ4n) is 5.20. The van der Waals surface area contributed by atoms with Crippen LogP contribution in [0.15, 0.2) is 112 Å². The molecule has 1 aliphatic heterocycles. The van der Waals surface area contributed by atoms with Crippen LogP contribution in [0.2, 0.25) is 0 Å². The van der Waals surface area contributed by atoms with Gasteiger partial charge < -0.3 is 19.9 Å². The quantitative estimate of drug-likeness (QED) is 0.0560. The number of hydrogen-bond donors (Lipinski definition) is 2. The van der Waals surface area contributed by atoms with Crippen LogP contribution >= 0.6 is 27.7 Å². The Kier molecular flexibility index (Phi) is 11.9. The highest BCUT2D eigenvalue weighted by Gasteiger charge is 2.54. The maximum atomic E-state index is 14.5. The molecule has 5 rings (SSSR count). The maximum Gasteiger partial charge on any atom is 0.252 e. The third kappa shape index (κ3) is 8.52. The van der Waals surface area contributed by atoms with E-state index >= 15 is 0 Å². The molecule has 0 spiro atoms. The number of nitrogens with zero attached hydrogens (tertiary/aromatic N) is 4. The summed E-state index contributed by atoms with van der Waals surface area (Å²) in [5.74, 6) is 1.59. The van der Waals surface area contributed by atoms with Crippen molar-refractivity contribution in [3.63, 3.8) is 0 Å². The number of rotatable bonds is 15. The third-order valence-corrected chi connectivity index (χ3v) is 9.29. The Balaban J connectivity index is 1.48. The SMILES string of the molecule is [N-]=[N+]=Nc1ccccc1C[C@@]1(C(=O)NCCSCc2ccc(F)cc2)N=C(c2ccc(OCCCO)cc2)O[C@@H]1c1ccccc1Br. The summed E-state index contributed by atoms with van der Waals surface area (Å²) in [6.07, 6.45) is -0.223. The smallest absolute Gasteiger partial charge is 0.252 e. The number of hydrogen-bond acceptors (Lipinski definition) is 7. The second-order valence-corrected chi connectivity index (χ2v) is 12.7. The van der Waals surface area contributed by atoms with Crippen molar-refractivity contribution in [2.45, 2.75) is 30.2 Å². The Morgan fingerprint density at radius 2 is 1.83 bits per heavy atom. The first-order valence-corrected chi connectivity index (χ1v) is 17.0. The van der Waals surface area contributed by atoms with Crippen molar-refractivity contribution in [1.29, 1.82) is 0 Å². The largest absolute Gasteiger partial charge is 0.494 e. The fourth-order valence-corrected chi connectivity index (χ4v) is 6.52. The molecule has 47 heavy (non-hydrogen) atoms. The summed E-state index contributed by atoms with van der Waals surface area (Å²) in [5, 5.41) is 16.1. The number of aliphatic hydroxyl groups is 1. The molecule has 1 heterocycles. The molecule has 0 saturated carbocycles. The van der Waals surface area contributed by atoms with Crippen LogP contribution in [0.1, 0.15) is 34.8 Å². The molecule has 12 heteroatoms. The minimum Gasteiger partial charge on any atom is -0.494 e. The Morgan fingerprint density at radius 1 is 1.09 bits per heavy atom. The van der Waals surface area contributed by atoms with Crippen molar-refractivity contribution in [3.8, 4) is 5.75 Å². The van der Waals surface area contributed by atoms with E-state index in [2.05, 4.69) is 31.3 Å². The lowest BCUT2D eigenvalue weighted by Gasteiger charge is -2.31. The van der Waals surface area contributed by atoms with Gasteiger partial charge in [-0.1, -0.05) is 75.6 Å². The number of thioether (sulfide) groups is 1. The van der Waals surface area contributed by atoms with Crippen LogP contribution < -0.4 is 10.1 Å². The number of ether oxygens (including phenoxy) is 2. The van der Waals surface area contributed by atoms with Crippen molar-refractivity contribution in [2.75, 3.05) is 25.5 Å². The van der Waals surface area contributed by atoms with Gasteiger partial charge in [0.15, 0.2) is 11.6 Å². The summed E-state index contributed by atoms with van der Waals surface area (Å²) in [6, 6.07) is 28.3. The number of azide groups is 1. The number of nitrogens with one attached hydrogen (secondary N) is 1. The Bertz CT molecular complexity index is 1750. The molecule has 9 nitrogen and oxygen atoms in total. The molecule has 4 aromatic carbocycles. The fraction of sp³-hybridized carbons (Fsp3) is 0.257. The van der Waals surface area contributed by atoms with Crippen LogP contribution in [-0.4, -0.2) is 48.0 Å². The van der Waals surface area contributed by atoms with Crippen LogP contribution in [0.5, 0.6) is 5.75 Å². The lowest BCUT2D eigenvalue weighted by molar-refractivity contribution is -0.128. The van der Waals surface area contributed by atoms with Crippen LogP contribution in [-0.2, 0) is 21.7 Å². The number of carbonyl (C=O) groups excluding carboxylic acids is 1. The van der Waals surface area contributed by atoms with Crippen LogP contribution in [0.4, 0.5) is 10.1 Å². The van der Waals surface area contributed by atoms with Gasteiger partial charge >= 0.3 is 0 Å². The van der Waals surface area contributed by atoms with Gasteiger partial charge in [0.1, 0.15) is 11.6 Å². The summed E-state index contributed by atoms with van der Waals surface area (Å²) < 4.78 is 26.4. The van der Waals surface area contributed by atoms with Gasteiger partial charge in [0.2, 0.25) is 5.90 Å². The summed E-state index contributed by atoms with van der Waals surface area (Å²) in [6.45, 7) is 0.782. The molecule has 2 atom stereocenters. The average molecular weight is 719 g/mol. The minimum absolute atomic E-state index is 0.0407. The molecule has 0 radical (unpaired) electrons. The van der Waals surface area contributed by atoms with Crippen molar-refractivity contribution in [1.82, 2.24) is 5.32 Å². The van der Waals surface area contributed by atoms with Gasteiger partial charge in [0, 0.05) is 63.7 Å². The van der Waals surface area contributed by atoms with Crippen LogP contribution in [0.3, 0.4) is 0 Å². The molecular formula is C35H33BrFN5O4S. The van der Waals surface area contributed by atoms with Gasteiger partial charge in [-0.2, -0.15) is 11.8 Å². The molecule has 0 aliphatic carbocycles. The summed E-state index contributed by atoms with van der Waals surface area (Å²) in [7, 11) is 0. The molecule has 242 valence electrons. The summed E-state index contributed by atoms with van der Waals surface area (Å²) >= 11 is 5.28. The molecule has 0 bridgehead atoms. The lowest BCUT2D eigenvalue weighted by atomic mass is 9.81. The van der Waals surface area contributed by atoms with Gasteiger partial charge in [-0.25, -0.2) is 9.38 Å². The van der Waals surface area contributed by atoms with E-state index in [4.69, 9.17) is 19.6 Å². The lowest BCUT2D eigenvalue weighted by Crippen LogP contribution is -2.50. The first kappa shape index (κ1) is 34.0. The molecule has 0 fully saturated rings. The number of halogens is 2. The zero-order valence-electron chi connectivity index (χ0n) is 25.4. The van der Waals surface area contributed by atoms with E-state index in [0.29, 0.717) is 53.6 Å². The highest BCUT2D eigenvalue weighted by Crippen LogP contribution is 2.45. The van der Waals surface area contributed by atoms with Crippen LogP contribution in [0, 0.1) is 5.82 Å². The minimum atomic E-state index is -1.47. The number of benzene rings is 4. The van der Waals surface area contributed by atoms with E-state index in [1.165, 1.54) is 12.1 Å². The zero-order valence-corrected chi connectivity index (χ0v) is 27.8. The van der Waals surface area contributed by atoms with Gasteiger partial charge in [-0.15, -0.1) is 0 Å². The van der Waals surface area contributed by atoms with E-state index in [9.17, 15) is 14.7 Å². The van der Waals surface area contributed by atoms with E-state index in [-0.39, 0.29) is 30.6 Å².